The largest absolute Gasteiger partial charge is 0.492 e. The number of hydrogen-bond acceptors (Lipinski definition) is 9. The summed E-state index contributed by atoms with van der Waals surface area (Å²) in [6, 6.07) is 17.6. The molecule has 13 heteroatoms. The fraction of sp³-hybridized carbons (Fsp3) is 0.417. The van der Waals surface area contributed by atoms with Crippen LogP contribution in [0.1, 0.15) is 48.6 Å². The van der Waals surface area contributed by atoms with Crippen LogP contribution in [0.25, 0.3) is 11.0 Å². The van der Waals surface area contributed by atoms with Gasteiger partial charge in [0.25, 0.3) is 5.91 Å². The Hall–Kier alpha value is -5.17. The van der Waals surface area contributed by atoms with Crippen LogP contribution in [0.15, 0.2) is 60.8 Å². The first-order valence-electron chi connectivity index (χ1n) is 17.1. The van der Waals surface area contributed by atoms with Gasteiger partial charge in [-0.05, 0) is 61.4 Å². The molecule has 0 bridgehead atoms. The molecule has 13 nitrogen and oxygen atoms in total. The normalized spacial score (nSPS) is 17.4. The Kier molecular flexibility index (Phi) is 9.34. The zero-order chi connectivity index (χ0) is 33.9. The number of ether oxygens (including phenoxy) is 1. The maximum Gasteiger partial charge on any atom is 0.328 e. The first-order valence-corrected chi connectivity index (χ1v) is 17.1. The maximum atomic E-state index is 13.0. The molecule has 4 amide bonds. The van der Waals surface area contributed by atoms with Crippen molar-refractivity contribution in [1.82, 2.24) is 29.7 Å². The summed E-state index contributed by atoms with van der Waals surface area (Å²) >= 11 is 0. The Balaban J connectivity index is 0.906. The summed E-state index contributed by atoms with van der Waals surface area (Å²) in [5.74, 6) is 1.03. The molecule has 2 N–H and O–H groups in total. The van der Waals surface area contributed by atoms with Gasteiger partial charge in [-0.15, -0.1) is 0 Å². The van der Waals surface area contributed by atoms with E-state index in [9.17, 15) is 14.4 Å². The van der Waals surface area contributed by atoms with E-state index in [1.54, 1.807) is 30.1 Å². The monoisotopic (exact) mass is 665 g/mol. The third kappa shape index (κ3) is 7.16. The van der Waals surface area contributed by atoms with Gasteiger partial charge in [-0.1, -0.05) is 18.9 Å². The third-order valence-corrected chi connectivity index (χ3v) is 9.61. The highest BCUT2D eigenvalue weighted by Crippen LogP contribution is 2.35. The molecule has 256 valence electrons. The molecule has 49 heavy (non-hydrogen) atoms. The molecule has 4 heterocycles. The zero-order valence-electron chi connectivity index (χ0n) is 28.1. The van der Waals surface area contributed by atoms with Gasteiger partial charge in [0, 0.05) is 94.5 Å². The van der Waals surface area contributed by atoms with Crippen LogP contribution in [0.4, 0.5) is 27.8 Å². The molecule has 2 saturated heterocycles. The molecule has 7 rings (SSSR count). The number of nitrogens with one attached hydrogen (secondary N) is 2. The molecule has 0 unspecified atom stereocenters. The van der Waals surface area contributed by atoms with Crippen molar-refractivity contribution in [3.63, 3.8) is 0 Å². The average molecular weight is 666 g/mol. The van der Waals surface area contributed by atoms with E-state index >= 15 is 0 Å². The number of amides is 4. The SMILES string of the molecule is CN(C)C(=O)c1cc2cnc(Nc3ccc(OCCN4CCN(c5cccc(N6CCC(=O)NC6=O)c5)CC4)cc3)nc2n1C1CCCC1. The van der Waals surface area contributed by atoms with Gasteiger partial charge >= 0.3 is 6.03 Å². The van der Waals surface area contributed by atoms with Crippen LogP contribution < -0.4 is 25.2 Å². The van der Waals surface area contributed by atoms with Crippen molar-refractivity contribution in [2.45, 2.75) is 38.1 Å². The first kappa shape index (κ1) is 32.4. The van der Waals surface area contributed by atoms with E-state index in [0.717, 1.165) is 92.3 Å². The van der Waals surface area contributed by atoms with Gasteiger partial charge in [-0.25, -0.2) is 9.78 Å². The lowest BCUT2D eigenvalue weighted by molar-refractivity contribution is -0.120. The summed E-state index contributed by atoms with van der Waals surface area (Å²) in [5.41, 5.74) is 4.18. The van der Waals surface area contributed by atoms with Gasteiger partial charge in [-0.2, -0.15) is 4.98 Å². The van der Waals surface area contributed by atoms with Crippen LogP contribution in [-0.4, -0.2) is 102 Å². The number of urea groups is 1. The van der Waals surface area contributed by atoms with Crippen LogP contribution in [0, 0.1) is 0 Å². The summed E-state index contributed by atoms with van der Waals surface area (Å²) in [6.45, 7) is 5.37. The van der Waals surface area contributed by atoms with Crippen molar-refractivity contribution in [3.05, 3.63) is 66.5 Å². The van der Waals surface area contributed by atoms with Crippen LogP contribution in [-0.2, 0) is 4.79 Å². The summed E-state index contributed by atoms with van der Waals surface area (Å²) < 4.78 is 8.20. The van der Waals surface area contributed by atoms with E-state index in [-0.39, 0.29) is 23.9 Å². The second-order valence-electron chi connectivity index (χ2n) is 13.1. The number of carbonyl (C=O) groups excluding carboxylic acids is 3. The lowest BCUT2D eigenvalue weighted by Gasteiger charge is -2.36. The maximum absolute atomic E-state index is 13.0. The number of fused-ring (bicyclic) bond motifs is 1. The fourth-order valence-corrected chi connectivity index (χ4v) is 6.95. The minimum Gasteiger partial charge on any atom is -0.492 e. The van der Waals surface area contributed by atoms with Gasteiger partial charge in [0.1, 0.15) is 23.7 Å². The average Bonchev–Trinajstić information content (AvgIpc) is 3.77. The van der Waals surface area contributed by atoms with Crippen molar-refractivity contribution in [2.24, 2.45) is 0 Å². The Labute approximate surface area is 285 Å². The number of carbonyl (C=O) groups is 3. The number of imide groups is 1. The van der Waals surface area contributed by atoms with E-state index in [0.29, 0.717) is 31.2 Å². The van der Waals surface area contributed by atoms with Gasteiger partial charge in [0.2, 0.25) is 11.9 Å². The first-order chi connectivity index (χ1) is 23.8. The van der Waals surface area contributed by atoms with E-state index in [4.69, 9.17) is 9.72 Å². The number of anilines is 4. The molecule has 2 aromatic heterocycles. The number of piperazine rings is 1. The number of aromatic nitrogens is 3. The summed E-state index contributed by atoms with van der Waals surface area (Å²) in [7, 11) is 3.56. The van der Waals surface area contributed by atoms with E-state index in [1.807, 2.05) is 48.5 Å². The molecule has 0 atom stereocenters. The van der Waals surface area contributed by atoms with Gasteiger partial charge in [0.15, 0.2) is 0 Å². The van der Waals surface area contributed by atoms with Crippen molar-refractivity contribution < 1.29 is 19.1 Å². The van der Waals surface area contributed by atoms with Crippen molar-refractivity contribution in [1.29, 1.82) is 0 Å². The molecular weight excluding hydrogens is 622 g/mol. The number of hydrogen-bond donors (Lipinski definition) is 2. The third-order valence-electron chi connectivity index (χ3n) is 9.61. The predicted octanol–water partition coefficient (Wildman–Crippen LogP) is 4.64. The van der Waals surface area contributed by atoms with E-state index in [1.165, 1.54) is 0 Å². The van der Waals surface area contributed by atoms with Gasteiger partial charge in [-0.3, -0.25) is 24.7 Å². The Morgan fingerprint density at radius 2 is 1.73 bits per heavy atom. The lowest BCUT2D eigenvalue weighted by atomic mass is 10.2. The van der Waals surface area contributed by atoms with Gasteiger partial charge in [0.05, 0.1) is 0 Å². The summed E-state index contributed by atoms with van der Waals surface area (Å²) in [4.78, 5) is 54.2. The van der Waals surface area contributed by atoms with Crippen LogP contribution in [0.5, 0.6) is 5.75 Å². The van der Waals surface area contributed by atoms with E-state index in [2.05, 4.69) is 36.1 Å². The highest BCUT2D eigenvalue weighted by Gasteiger charge is 2.27. The number of rotatable bonds is 10. The molecule has 0 radical (unpaired) electrons. The summed E-state index contributed by atoms with van der Waals surface area (Å²) in [6.07, 6.45) is 6.50. The van der Waals surface area contributed by atoms with E-state index < -0.39 is 0 Å². The molecule has 1 aliphatic carbocycles. The van der Waals surface area contributed by atoms with Crippen LogP contribution in [0.2, 0.25) is 0 Å². The smallest absolute Gasteiger partial charge is 0.328 e. The Morgan fingerprint density at radius 3 is 2.47 bits per heavy atom. The lowest BCUT2D eigenvalue weighted by Crippen LogP contribution is -2.50. The quantitative estimate of drug-likeness (QED) is 0.249. The molecule has 0 spiro atoms. The molecular formula is C36H43N9O4. The molecule has 2 aliphatic heterocycles. The second kappa shape index (κ2) is 14.1. The highest BCUT2D eigenvalue weighted by molar-refractivity contribution is 6.05. The predicted molar refractivity (Wildman–Crippen MR) is 189 cm³/mol. The second-order valence-corrected chi connectivity index (χ2v) is 13.1. The Morgan fingerprint density at radius 1 is 0.980 bits per heavy atom. The highest BCUT2D eigenvalue weighted by atomic mass is 16.5. The molecule has 1 saturated carbocycles. The topological polar surface area (TPSA) is 128 Å². The van der Waals surface area contributed by atoms with Crippen molar-refractivity contribution in [2.75, 3.05) is 75.1 Å². The van der Waals surface area contributed by atoms with Crippen molar-refractivity contribution in [3.8, 4) is 5.75 Å². The molecule has 3 fully saturated rings. The molecule has 4 aromatic rings. The standard InChI is InChI=1S/C36H43N9O4/c1-41(2)34(47)31-22-25-24-37-35(40-33(25)45(31)27-6-3-4-7-27)38-26-10-12-30(13-11-26)49-21-20-42-16-18-43(19-17-42)28-8-5-9-29(23-28)44-15-14-32(46)39-36(44)48/h5,8-13,22-24,27H,3-4,6-7,14-21H2,1-2H3,(H,37,38,40)(H,39,46,48). The fourth-order valence-electron chi connectivity index (χ4n) is 6.95. The number of nitrogens with zero attached hydrogens (tertiary/aromatic N) is 7. The summed E-state index contributed by atoms with van der Waals surface area (Å²) in [5, 5.41) is 6.58. The van der Waals surface area contributed by atoms with Gasteiger partial charge < -0.3 is 24.4 Å². The minimum atomic E-state index is -0.366. The Bertz CT molecular complexity index is 1830. The number of benzene rings is 2. The molecule has 3 aliphatic rings. The van der Waals surface area contributed by atoms with Crippen LogP contribution in [0.3, 0.4) is 0 Å². The minimum absolute atomic E-state index is 0.0231. The molecule has 2 aromatic carbocycles. The van der Waals surface area contributed by atoms with Crippen molar-refractivity contribution >= 4 is 51.9 Å². The zero-order valence-corrected chi connectivity index (χ0v) is 28.1. The van der Waals surface area contributed by atoms with Crippen LogP contribution >= 0.6 is 0 Å².